The van der Waals surface area contributed by atoms with Crippen LogP contribution in [0.15, 0.2) is 48.5 Å². The lowest BCUT2D eigenvalue weighted by molar-refractivity contribution is 0.102. The molecule has 0 spiro atoms. The minimum atomic E-state index is -0.756. The Kier molecular flexibility index (Phi) is 5.42. The molecule has 0 atom stereocenters. The van der Waals surface area contributed by atoms with Gasteiger partial charge in [-0.1, -0.05) is 38.4 Å². The van der Waals surface area contributed by atoms with Gasteiger partial charge in [0.2, 0.25) is 0 Å². The summed E-state index contributed by atoms with van der Waals surface area (Å²) >= 11 is 5.80. The van der Waals surface area contributed by atoms with Gasteiger partial charge in [-0.15, -0.1) is 0 Å². The number of aromatic nitrogens is 2. The van der Waals surface area contributed by atoms with E-state index in [-0.39, 0.29) is 16.0 Å². The molecule has 0 saturated heterocycles. The van der Waals surface area contributed by atoms with Crippen molar-refractivity contribution in [3.8, 4) is 11.4 Å². The van der Waals surface area contributed by atoms with Crippen molar-refractivity contribution >= 4 is 23.3 Å². The monoisotopic (exact) mass is 401 g/mol. The first-order valence-electron chi connectivity index (χ1n) is 8.71. The van der Waals surface area contributed by atoms with Gasteiger partial charge in [-0.05, 0) is 36.4 Å². The summed E-state index contributed by atoms with van der Waals surface area (Å²) in [7, 11) is 1.59. The topological polar surface area (TPSA) is 56.1 Å². The Hall–Kier alpha value is -2.86. The number of benzene rings is 2. The summed E-state index contributed by atoms with van der Waals surface area (Å²) in [6, 6.07) is 13.3. The van der Waals surface area contributed by atoms with Crippen molar-refractivity contribution in [1.29, 1.82) is 0 Å². The fraction of sp³-hybridized carbons (Fsp3) is 0.238. The van der Waals surface area contributed by atoms with Crippen molar-refractivity contribution in [2.45, 2.75) is 26.2 Å². The zero-order valence-electron chi connectivity index (χ0n) is 16.1. The lowest BCUT2D eigenvalue weighted by Gasteiger charge is -2.14. The summed E-state index contributed by atoms with van der Waals surface area (Å²) in [5.74, 6) is -0.221. The highest BCUT2D eigenvalue weighted by molar-refractivity contribution is 6.31. The summed E-state index contributed by atoms with van der Waals surface area (Å²) in [5, 5.41) is 7.28. The van der Waals surface area contributed by atoms with Crippen LogP contribution in [0, 0.1) is 5.82 Å². The fourth-order valence-corrected chi connectivity index (χ4v) is 2.79. The average Bonchev–Trinajstić information content (AvgIpc) is 3.08. The molecule has 3 aromatic rings. The van der Waals surface area contributed by atoms with Gasteiger partial charge in [0.25, 0.3) is 5.91 Å². The van der Waals surface area contributed by atoms with Crippen LogP contribution in [0.2, 0.25) is 5.02 Å². The summed E-state index contributed by atoms with van der Waals surface area (Å²) in [4.78, 5) is 12.7. The van der Waals surface area contributed by atoms with Crippen LogP contribution >= 0.6 is 11.6 Å². The summed E-state index contributed by atoms with van der Waals surface area (Å²) < 4.78 is 21.0. The van der Waals surface area contributed by atoms with Crippen LogP contribution in [0.3, 0.4) is 0 Å². The summed E-state index contributed by atoms with van der Waals surface area (Å²) in [6.45, 7) is 6.07. The number of methoxy groups -OCH3 is 1. The molecule has 146 valence electrons. The Morgan fingerprint density at radius 2 is 1.86 bits per heavy atom. The number of anilines is 1. The van der Waals surface area contributed by atoms with Gasteiger partial charge in [0, 0.05) is 11.5 Å². The van der Waals surface area contributed by atoms with Crippen LogP contribution in [-0.2, 0) is 5.41 Å². The Bertz CT molecular complexity index is 1010. The molecule has 1 aromatic heterocycles. The molecule has 2 aromatic carbocycles. The molecule has 0 aliphatic carbocycles. The number of ether oxygens (including phenoxy) is 1. The third-order valence-electron chi connectivity index (χ3n) is 4.23. The van der Waals surface area contributed by atoms with Crippen molar-refractivity contribution in [3.63, 3.8) is 0 Å². The van der Waals surface area contributed by atoms with Crippen molar-refractivity contribution < 1.29 is 13.9 Å². The van der Waals surface area contributed by atoms with Crippen LogP contribution in [0.25, 0.3) is 5.69 Å². The molecule has 0 saturated carbocycles. The number of hydrogen-bond donors (Lipinski definition) is 1. The highest BCUT2D eigenvalue weighted by Gasteiger charge is 2.23. The maximum Gasteiger partial charge on any atom is 0.259 e. The van der Waals surface area contributed by atoms with Crippen LogP contribution in [-0.4, -0.2) is 22.8 Å². The second-order valence-electron chi connectivity index (χ2n) is 7.33. The largest absolute Gasteiger partial charge is 0.497 e. The van der Waals surface area contributed by atoms with E-state index in [9.17, 15) is 9.18 Å². The molecule has 0 fully saturated rings. The Labute approximate surface area is 168 Å². The van der Waals surface area contributed by atoms with Crippen molar-refractivity contribution in [1.82, 2.24) is 9.78 Å². The van der Waals surface area contributed by atoms with E-state index in [1.807, 2.05) is 32.9 Å². The van der Waals surface area contributed by atoms with Crippen LogP contribution in [0.1, 0.15) is 36.8 Å². The summed E-state index contributed by atoms with van der Waals surface area (Å²) in [5.41, 5.74) is 1.15. The molecule has 0 aliphatic heterocycles. The van der Waals surface area contributed by atoms with Gasteiger partial charge in [0.05, 0.1) is 29.1 Å². The van der Waals surface area contributed by atoms with Crippen LogP contribution in [0.4, 0.5) is 10.2 Å². The molecule has 0 aliphatic rings. The maximum absolute atomic E-state index is 14.2. The Morgan fingerprint density at radius 3 is 2.46 bits per heavy atom. The van der Waals surface area contributed by atoms with Crippen LogP contribution < -0.4 is 10.1 Å². The molecule has 28 heavy (non-hydrogen) atoms. The zero-order chi connectivity index (χ0) is 20.5. The molecule has 0 radical (unpaired) electrons. The fourth-order valence-electron chi connectivity index (χ4n) is 2.62. The second kappa shape index (κ2) is 7.64. The first kappa shape index (κ1) is 19.9. The van der Waals surface area contributed by atoms with Crippen LogP contribution in [0.5, 0.6) is 5.75 Å². The summed E-state index contributed by atoms with van der Waals surface area (Å²) in [6.07, 6.45) is 0. The lowest BCUT2D eigenvalue weighted by atomic mass is 9.92. The first-order valence-corrected chi connectivity index (χ1v) is 9.09. The zero-order valence-corrected chi connectivity index (χ0v) is 16.8. The molecule has 5 nitrogen and oxygen atoms in total. The van der Waals surface area contributed by atoms with Gasteiger partial charge in [0.15, 0.2) is 5.82 Å². The average molecular weight is 402 g/mol. The lowest BCUT2D eigenvalue weighted by Crippen LogP contribution is -2.16. The minimum Gasteiger partial charge on any atom is -0.497 e. The van der Waals surface area contributed by atoms with Gasteiger partial charge in [-0.3, -0.25) is 4.79 Å². The van der Waals surface area contributed by atoms with Gasteiger partial charge < -0.3 is 10.1 Å². The number of nitrogens with one attached hydrogen (secondary N) is 1. The van der Waals surface area contributed by atoms with E-state index in [0.29, 0.717) is 11.6 Å². The van der Waals surface area contributed by atoms with Crippen molar-refractivity contribution in [3.05, 3.63) is 70.6 Å². The molecule has 0 bridgehead atoms. The van der Waals surface area contributed by atoms with E-state index in [4.69, 9.17) is 16.3 Å². The normalized spacial score (nSPS) is 11.4. The number of amides is 1. The molecular weight excluding hydrogens is 381 g/mol. The Morgan fingerprint density at radius 1 is 1.18 bits per heavy atom. The molecule has 3 rings (SSSR count). The number of halogens is 2. The first-order chi connectivity index (χ1) is 13.2. The number of nitrogens with zero attached hydrogens (tertiary/aromatic N) is 2. The van der Waals surface area contributed by atoms with Gasteiger partial charge in [0.1, 0.15) is 11.6 Å². The number of carbonyl (C=O) groups is 1. The van der Waals surface area contributed by atoms with Gasteiger partial charge >= 0.3 is 0 Å². The highest BCUT2D eigenvalue weighted by atomic mass is 35.5. The molecule has 1 N–H and O–H groups in total. The number of carbonyl (C=O) groups excluding carboxylic acids is 1. The van der Waals surface area contributed by atoms with Gasteiger partial charge in [-0.2, -0.15) is 5.10 Å². The van der Waals surface area contributed by atoms with E-state index in [0.717, 1.165) is 11.4 Å². The Balaban J connectivity index is 2.02. The van der Waals surface area contributed by atoms with Gasteiger partial charge in [-0.25, -0.2) is 9.07 Å². The second-order valence-corrected chi connectivity index (χ2v) is 7.74. The predicted molar refractivity (Wildman–Crippen MR) is 108 cm³/mol. The molecule has 1 amide bonds. The standard InChI is InChI=1S/C21H21ClFN3O2/c1-21(2,3)17-12-18(24-20(27)15-6-5-7-16(22)19(15)23)26(25-17)13-8-10-14(28-4)11-9-13/h5-12H,1-4H3,(H,24,27). The SMILES string of the molecule is COc1ccc(-n2nc(C(C)(C)C)cc2NC(=O)c2cccc(Cl)c2F)cc1. The van der Waals surface area contributed by atoms with E-state index < -0.39 is 11.7 Å². The van der Waals surface area contributed by atoms with Crippen molar-refractivity contribution in [2.24, 2.45) is 0 Å². The minimum absolute atomic E-state index is 0.105. The van der Waals surface area contributed by atoms with Crippen molar-refractivity contribution in [2.75, 3.05) is 12.4 Å². The number of hydrogen-bond acceptors (Lipinski definition) is 3. The highest BCUT2D eigenvalue weighted by Crippen LogP contribution is 2.28. The predicted octanol–water partition coefficient (Wildman–Crippen LogP) is 5.22. The van der Waals surface area contributed by atoms with E-state index in [2.05, 4.69) is 10.4 Å². The third-order valence-corrected chi connectivity index (χ3v) is 4.52. The van der Waals surface area contributed by atoms with E-state index >= 15 is 0 Å². The molecule has 1 heterocycles. The van der Waals surface area contributed by atoms with E-state index in [1.54, 1.807) is 30.0 Å². The molecule has 0 unspecified atom stereocenters. The maximum atomic E-state index is 14.2. The third kappa shape index (κ3) is 4.02. The quantitative estimate of drug-likeness (QED) is 0.651. The number of rotatable bonds is 4. The molecular formula is C21H21ClFN3O2. The van der Waals surface area contributed by atoms with E-state index in [1.165, 1.54) is 18.2 Å². The molecule has 7 heteroatoms. The smallest absolute Gasteiger partial charge is 0.259 e.